The molecule has 0 aromatic heterocycles. The quantitative estimate of drug-likeness (QED) is 0.331. The van der Waals surface area contributed by atoms with Crippen LogP contribution in [0.3, 0.4) is 0 Å². The van der Waals surface area contributed by atoms with Crippen LogP contribution in [-0.2, 0) is 9.59 Å². The Morgan fingerprint density at radius 2 is 1.90 bits per heavy atom. The molecule has 3 rings (SSSR count). The first-order valence-electron chi connectivity index (χ1n) is 8.87. The zero-order chi connectivity index (χ0) is 21.3. The number of aliphatic hydroxyl groups is 1. The molecule has 1 atom stereocenters. The van der Waals surface area contributed by atoms with Crippen molar-refractivity contribution in [3.63, 3.8) is 0 Å². The van der Waals surface area contributed by atoms with Crippen LogP contribution in [0.15, 0.2) is 46.4 Å². The molecule has 1 unspecified atom stereocenters. The molecule has 29 heavy (non-hydrogen) atoms. The Kier molecular flexibility index (Phi) is 6.56. The van der Waals surface area contributed by atoms with Gasteiger partial charge in [0.15, 0.2) is 0 Å². The largest absolute Gasteiger partial charge is 0.507 e. The number of nitrogens with zero attached hydrogens (tertiary/aromatic N) is 1. The van der Waals surface area contributed by atoms with Crippen LogP contribution in [-0.4, -0.2) is 35.4 Å². The zero-order valence-electron chi connectivity index (χ0n) is 15.7. The van der Waals surface area contributed by atoms with Gasteiger partial charge in [-0.3, -0.25) is 9.59 Å². The summed E-state index contributed by atoms with van der Waals surface area (Å²) in [4.78, 5) is 27.0. The van der Waals surface area contributed by atoms with Gasteiger partial charge in [-0.25, -0.2) is 0 Å². The van der Waals surface area contributed by atoms with Crippen LogP contribution in [0, 0.1) is 0 Å². The Hall–Kier alpha value is -2.02. The smallest absolute Gasteiger partial charge is 0.295 e. The van der Waals surface area contributed by atoms with Crippen LogP contribution in [0.1, 0.15) is 30.5 Å². The van der Waals surface area contributed by atoms with E-state index in [1.54, 1.807) is 36.4 Å². The summed E-state index contributed by atoms with van der Waals surface area (Å²) < 4.78 is 5.82. The van der Waals surface area contributed by atoms with E-state index in [0.717, 1.165) is 0 Å². The lowest BCUT2D eigenvalue weighted by Crippen LogP contribution is -2.30. The summed E-state index contributed by atoms with van der Waals surface area (Å²) in [7, 11) is 1.53. The van der Waals surface area contributed by atoms with Crippen LogP contribution in [0.4, 0.5) is 0 Å². The molecule has 8 heteroatoms. The van der Waals surface area contributed by atoms with E-state index < -0.39 is 17.7 Å². The first-order chi connectivity index (χ1) is 13.8. The summed E-state index contributed by atoms with van der Waals surface area (Å²) in [5.41, 5.74) is 0.998. The fourth-order valence-corrected chi connectivity index (χ4v) is 4.20. The summed E-state index contributed by atoms with van der Waals surface area (Å²) >= 11 is 15.6. The van der Waals surface area contributed by atoms with Crippen molar-refractivity contribution < 1.29 is 19.4 Å². The lowest BCUT2D eigenvalue weighted by Gasteiger charge is -2.25. The highest BCUT2D eigenvalue weighted by Gasteiger charge is 2.45. The molecule has 0 radical (unpaired) electrons. The van der Waals surface area contributed by atoms with Gasteiger partial charge in [-0.1, -0.05) is 36.2 Å². The fourth-order valence-electron chi connectivity index (χ4n) is 3.35. The van der Waals surface area contributed by atoms with Gasteiger partial charge >= 0.3 is 0 Å². The van der Waals surface area contributed by atoms with E-state index in [1.165, 1.54) is 12.0 Å². The number of amides is 1. The van der Waals surface area contributed by atoms with E-state index in [4.69, 9.17) is 27.9 Å². The van der Waals surface area contributed by atoms with Crippen molar-refractivity contribution in [2.24, 2.45) is 0 Å². The molecule has 5 nitrogen and oxygen atoms in total. The highest BCUT2D eigenvalue weighted by atomic mass is 79.9. The maximum absolute atomic E-state index is 12.8. The summed E-state index contributed by atoms with van der Waals surface area (Å²) in [6, 6.07) is 9.08. The number of ketones is 1. The van der Waals surface area contributed by atoms with Gasteiger partial charge in [-0.05, 0) is 58.2 Å². The van der Waals surface area contributed by atoms with Gasteiger partial charge < -0.3 is 14.7 Å². The maximum atomic E-state index is 12.8. The second-order valence-electron chi connectivity index (χ2n) is 6.52. The van der Waals surface area contributed by atoms with Gasteiger partial charge in [0.05, 0.1) is 33.2 Å². The van der Waals surface area contributed by atoms with Gasteiger partial charge in [0.2, 0.25) is 0 Å². The number of methoxy groups -OCH3 is 1. The number of ether oxygens (including phenoxy) is 1. The number of carbonyl (C=O) groups is 2. The maximum Gasteiger partial charge on any atom is 0.295 e. The third-order valence-electron chi connectivity index (χ3n) is 4.69. The Morgan fingerprint density at radius 3 is 2.48 bits per heavy atom. The molecule has 2 aromatic carbocycles. The minimum atomic E-state index is -0.759. The van der Waals surface area contributed by atoms with Crippen molar-refractivity contribution in [2.45, 2.75) is 19.4 Å². The van der Waals surface area contributed by atoms with Gasteiger partial charge in [0, 0.05) is 12.1 Å². The van der Waals surface area contributed by atoms with Gasteiger partial charge in [-0.2, -0.15) is 0 Å². The Morgan fingerprint density at radius 1 is 1.17 bits per heavy atom. The molecular formula is C21H18BrCl2NO4. The first kappa shape index (κ1) is 21.7. The molecule has 1 fully saturated rings. The zero-order valence-corrected chi connectivity index (χ0v) is 18.8. The second kappa shape index (κ2) is 8.78. The molecule has 0 saturated carbocycles. The molecular weight excluding hydrogens is 481 g/mol. The number of benzene rings is 2. The summed E-state index contributed by atoms with van der Waals surface area (Å²) in [6.07, 6.45) is 0.652. The molecule has 2 aromatic rings. The number of hydrogen-bond acceptors (Lipinski definition) is 4. The Labute approximate surface area is 187 Å². The van der Waals surface area contributed by atoms with Crippen LogP contribution in [0.25, 0.3) is 5.76 Å². The number of halogens is 3. The van der Waals surface area contributed by atoms with Crippen molar-refractivity contribution in [1.29, 1.82) is 0 Å². The third kappa shape index (κ3) is 4.02. The Balaban J connectivity index is 2.20. The number of rotatable bonds is 5. The third-order valence-corrected chi connectivity index (χ3v) is 6.05. The molecule has 1 saturated heterocycles. The molecule has 1 N–H and O–H groups in total. The fraction of sp³-hybridized carbons (Fsp3) is 0.238. The van der Waals surface area contributed by atoms with Crippen LogP contribution >= 0.6 is 39.1 Å². The highest BCUT2D eigenvalue weighted by molar-refractivity contribution is 9.10. The number of Topliss-reactive ketones (excluding diaryl/α,β-unsaturated/α-hetero) is 1. The summed E-state index contributed by atoms with van der Waals surface area (Å²) in [5.74, 6) is -1.08. The normalized spacial score (nSPS) is 18.4. The summed E-state index contributed by atoms with van der Waals surface area (Å²) in [6.45, 7) is 2.27. The minimum Gasteiger partial charge on any atom is -0.507 e. The van der Waals surface area contributed by atoms with E-state index in [9.17, 15) is 14.7 Å². The molecule has 152 valence electrons. The number of hydrogen-bond donors (Lipinski definition) is 1. The Bertz CT molecular complexity index is 1020. The summed E-state index contributed by atoms with van der Waals surface area (Å²) in [5, 5.41) is 11.7. The molecule has 0 spiro atoms. The lowest BCUT2D eigenvalue weighted by molar-refractivity contribution is -0.139. The average Bonchev–Trinajstić information content (AvgIpc) is 2.94. The number of aliphatic hydroxyl groups excluding tert-OH is 1. The second-order valence-corrected chi connectivity index (χ2v) is 8.18. The SMILES string of the molecule is CCCN1C(=O)C(=O)/C(=C(\O)c2ccc(OC)c(Br)c2)C1c1ccc(Cl)c(Cl)c1. The van der Waals surface area contributed by atoms with Crippen molar-refractivity contribution in [2.75, 3.05) is 13.7 Å². The molecule has 0 aliphatic carbocycles. The van der Waals surface area contributed by atoms with E-state index in [1.807, 2.05) is 6.92 Å². The van der Waals surface area contributed by atoms with Crippen LogP contribution in [0.5, 0.6) is 5.75 Å². The molecule has 1 amide bonds. The number of likely N-dealkylation sites (tertiary alicyclic amines) is 1. The van der Waals surface area contributed by atoms with Crippen LogP contribution in [0.2, 0.25) is 10.0 Å². The van der Waals surface area contributed by atoms with Crippen LogP contribution < -0.4 is 4.74 Å². The van der Waals surface area contributed by atoms with Gasteiger partial charge in [-0.15, -0.1) is 0 Å². The van der Waals surface area contributed by atoms with E-state index in [0.29, 0.717) is 44.4 Å². The van der Waals surface area contributed by atoms with Crippen molar-refractivity contribution in [3.8, 4) is 5.75 Å². The predicted octanol–water partition coefficient (Wildman–Crippen LogP) is 5.60. The van der Waals surface area contributed by atoms with Crippen molar-refractivity contribution in [3.05, 3.63) is 67.6 Å². The predicted molar refractivity (Wildman–Crippen MR) is 116 cm³/mol. The molecule has 1 aliphatic heterocycles. The monoisotopic (exact) mass is 497 g/mol. The molecule has 1 aliphatic rings. The topological polar surface area (TPSA) is 66.8 Å². The van der Waals surface area contributed by atoms with E-state index >= 15 is 0 Å². The first-order valence-corrected chi connectivity index (χ1v) is 10.4. The average molecular weight is 499 g/mol. The van der Waals surface area contributed by atoms with Crippen molar-refractivity contribution in [1.82, 2.24) is 4.90 Å². The highest BCUT2D eigenvalue weighted by Crippen LogP contribution is 2.41. The number of carbonyl (C=O) groups excluding carboxylic acids is 2. The van der Waals surface area contributed by atoms with Gasteiger partial charge in [0.25, 0.3) is 11.7 Å². The van der Waals surface area contributed by atoms with Crippen molar-refractivity contribution >= 4 is 56.6 Å². The van der Waals surface area contributed by atoms with E-state index in [2.05, 4.69) is 15.9 Å². The molecule has 1 heterocycles. The standard InChI is InChI=1S/C21H18BrCl2NO4/c1-3-8-25-18(11-4-6-14(23)15(24)10-11)17(20(27)21(25)28)19(26)12-5-7-16(29-2)13(22)9-12/h4-7,9-10,18,26H,3,8H2,1-2H3/b19-17-. The lowest BCUT2D eigenvalue weighted by atomic mass is 9.95. The molecule has 0 bridgehead atoms. The van der Waals surface area contributed by atoms with E-state index in [-0.39, 0.29) is 11.3 Å². The van der Waals surface area contributed by atoms with Gasteiger partial charge in [0.1, 0.15) is 11.5 Å². The minimum absolute atomic E-state index is 0.0129.